The van der Waals surface area contributed by atoms with Gasteiger partial charge in [0.25, 0.3) is 5.91 Å². The van der Waals surface area contributed by atoms with E-state index in [2.05, 4.69) is 21.6 Å². The Hall–Kier alpha value is -2.14. The number of carbonyl (C=O) groups excluding carboxylic acids is 1. The molecule has 122 valence electrons. The monoisotopic (exact) mass is 313 g/mol. The van der Waals surface area contributed by atoms with E-state index in [9.17, 15) is 4.79 Å². The Balaban J connectivity index is 1.69. The number of rotatable bonds is 4. The SMILES string of the molecule is Cc1n[nH]c(C)c1CCNC(=O)C1(C)OCCc2ccccc21. The highest BCUT2D eigenvalue weighted by molar-refractivity contribution is 5.86. The molecule has 1 unspecified atom stereocenters. The summed E-state index contributed by atoms with van der Waals surface area (Å²) in [6, 6.07) is 8.02. The molecule has 0 aliphatic carbocycles. The topological polar surface area (TPSA) is 67.0 Å². The number of fused-ring (bicyclic) bond motifs is 1. The number of nitrogens with one attached hydrogen (secondary N) is 2. The van der Waals surface area contributed by atoms with E-state index in [1.54, 1.807) is 0 Å². The van der Waals surface area contributed by atoms with Crippen LogP contribution >= 0.6 is 0 Å². The number of hydrogen-bond acceptors (Lipinski definition) is 3. The molecule has 0 fully saturated rings. The maximum Gasteiger partial charge on any atom is 0.256 e. The zero-order chi connectivity index (χ0) is 16.4. The van der Waals surface area contributed by atoms with E-state index >= 15 is 0 Å². The number of ether oxygens (including phenoxy) is 1. The predicted molar refractivity (Wildman–Crippen MR) is 88.2 cm³/mol. The summed E-state index contributed by atoms with van der Waals surface area (Å²) in [5, 5.41) is 10.2. The lowest BCUT2D eigenvalue weighted by atomic mass is 9.87. The van der Waals surface area contributed by atoms with E-state index < -0.39 is 5.60 Å². The summed E-state index contributed by atoms with van der Waals surface area (Å²) >= 11 is 0. The van der Waals surface area contributed by atoms with Crippen molar-refractivity contribution in [3.05, 3.63) is 52.3 Å². The number of benzene rings is 1. The molecule has 0 spiro atoms. The van der Waals surface area contributed by atoms with Crippen molar-refractivity contribution in [1.29, 1.82) is 0 Å². The highest BCUT2D eigenvalue weighted by Crippen LogP contribution is 2.33. The van der Waals surface area contributed by atoms with E-state index in [-0.39, 0.29) is 5.91 Å². The van der Waals surface area contributed by atoms with Crippen LogP contribution in [0.3, 0.4) is 0 Å². The number of aromatic amines is 1. The Labute approximate surface area is 136 Å². The zero-order valence-corrected chi connectivity index (χ0v) is 13.9. The molecule has 2 heterocycles. The maximum absolute atomic E-state index is 12.7. The smallest absolute Gasteiger partial charge is 0.256 e. The van der Waals surface area contributed by atoms with E-state index in [0.717, 1.165) is 29.8 Å². The molecular weight excluding hydrogens is 290 g/mol. The average Bonchev–Trinajstić information content (AvgIpc) is 2.87. The summed E-state index contributed by atoms with van der Waals surface area (Å²) in [4.78, 5) is 12.7. The van der Waals surface area contributed by atoms with Crippen molar-refractivity contribution < 1.29 is 9.53 Å². The van der Waals surface area contributed by atoms with Crippen LogP contribution in [0.1, 0.15) is 35.0 Å². The van der Waals surface area contributed by atoms with Gasteiger partial charge in [-0.05, 0) is 50.3 Å². The van der Waals surface area contributed by atoms with Crippen LogP contribution in [-0.4, -0.2) is 29.3 Å². The van der Waals surface area contributed by atoms with Gasteiger partial charge in [-0.1, -0.05) is 24.3 Å². The lowest BCUT2D eigenvalue weighted by Crippen LogP contribution is -2.47. The Morgan fingerprint density at radius 1 is 1.39 bits per heavy atom. The van der Waals surface area contributed by atoms with Gasteiger partial charge in [0.1, 0.15) is 0 Å². The van der Waals surface area contributed by atoms with Crippen molar-refractivity contribution in [2.75, 3.05) is 13.2 Å². The molecule has 3 rings (SSSR count). The fourth-order valence-corrected chi connectivity index (χ4v) is 3.25. The number of nitrogens with zero attached hydrogens (tertiary/aromatic N) is 1. The zero-order valence-electron chi connectivity index (χ0n) is 13.9. The molecule has 1 aromatic heterocycles. The molecule has 1 aliphatic rings. The van der Waals surface area contributed by atoms with Crippen molar-refractivity contribution in [2.24, 2.45) is 0 Å². The molecule has 23 heavy (non-hydrogen) atoms. The Kier molecular flexibility index (Phi) is 4.22. The molecule has 1 atom stereocenters. The van der Waals surface area contributed by atoms with Crippen molar-refractivity contribution in [3.8, 4) is 0 Å². The fourth-order valence-electron chi connectivity index (χ4n) is 3.25. The Morgan fingerprint density at radius 3 is 2.91 bits per heavy atom. The lowest BCUT2D eigenvalue weighted by molar-refractivity contribution is -0.148. The summed E-state index contributed by atoms with van der Waals surface area (Å²) < 4.78 is 5.86. The van der Waals surface area contributed by atoms with E-state index in [4.69, 9.17) is 4.74 Å². The molecule has 5 nitrogen and oxygen atoms in total. The molecular formula is C18H23N3O2. The number of H-pyrrole nitrogens is 1. The first-order valence-corrected chi connectivity index (χ1v) is 8.03. The van der Waals surface area contributed by atoms with Crippen LogP contribution in [0.5, 0.6) is 0 Å². The van der Waals surface area contributed by atoms with Crippen LogP contribution in [0.25, 0.3) is 0 Å². The second kappa shape index (κ2) is 6.16. The number of hydrogen-bond donors (Lipinski definition) is 2. The summed E-state index contributed by atoms with van der Waals surface area (Å²) in [6.07, 6.45) is 1.62. The number of aryl methyl sites for hydroxylation is 2. The molecule has 2 aromatic rings. The largest absolute Gasteiger partial charge is 0.360 e. The van der Waals surface area contributed by atoms with Gasteiger partial charge in [0.05, 0.1) is 12.3 Å². The minimum absolute atomic E-state index is 0.0801. The van der Waals surface area contributed by atoms with Crippen LogP contribution in [0.15, 0.2) is 24.3 Å². The van der Waals surface area contributed by atoms with E-state index in [0.29, 0.717) is 13.2 Å². The minimum Gasteiger partial charge on any atom is -0.360 e. The van der Waals surface area contributed by atoms with Gasteiger partial charge >= 0.3 is 0 Å². The third-order valence-corrected chi connectivity index (χ3v) is 4.67. The first kappa shape index (κ1) is 15.7. The van der Waals surface area contributed by atoms with Gasteiger partial charge in [-0.2, -0.15) is 5.10 Å². The third-order valence-electron chi connectivity index (χ3n) is 4.67. The van der Waals surface area contributed by atoms with Gasteiger partial charge in [-0.15, -0.1) is 0 Å². The van der Waals surface area contributed by atoms with Gasteiger partial charge in [-0.3, -0.25) is 9.89 Å². The number of amides is 1. The third kappa shape index (κ3) is 2.88. The summed E-state index contributed by atoms with van der Waals surface area (Å²) in [7, 11) is 0. The summed E-state index contributed by atoms with van der Waals surface area (Å²) in [5.41, 5.74) is 4.47. The quantitative estimate of drug-likeness (QED) is 0.909. The standard InChI is InChI=1S/C18H23N3O2/c1-12-15(13(2)21-20-12)8-10-19-17(22)18(3)16-7-5-4-6-14(16)9-11-23-18/h4-7H,8-11H2,1-3H3,(H,19,22)(H,20,21). The molecule has 0 radical (unpaired) electrons. The van der Waals surface area contributed by atoms with Crippen molar-refractivity contribution in [3.63, 3.8) is 0 Å². The van der Waals surface area contributed by atoms with Crippen LogP contribution in [0.4, 0.5) is 0 Å². The van der Waals surface area contributed by atoms with Gasteiger partial charge < -0.3 is 10.1 Å². The molecule has 5 heteroatoms. The second-order valence-corrected chi connectivity index (χ2v) is 6.21. The Morgan fingerprint density at radius 2 is 2.17 bits per heavy atom. The van der Waals surface area contributed by atoms with Crippen LogP contribution in [0.2, 0.25) is 0 Å². The fraction of sp³-hybridized carbons (Fsp3) is 0.444. The van der Waals surface area contributed by atoms with Crippen LogP contribution in [-0.2, 0) is 28.0 Å². The van der Waals surface area contributed by atoms with E-state index in [1.807, 2.05) is 39.0 Å². The predicted octanol–water partition coefficient (Wildman–Crippen LogP) is 2.17. The first-order valence-electron chi connectivity index (χ1n) is 8.03. The molecule has 2 N–H and O–H groups in total. The first-order chi connectivity index (χ1) is 11.0. The van der Waals surface area contributed by atoms with Gasteiger partial charge in [-0.25, -0.2) is 0 Å². The van der Waals surface area contributed by atoms with Crippen molar-refractivity contribution in [1.82, 2.24) is 15.5 Å². The van der Waals surface area contributed by atoms with E-state index in [1.165, 1.54) is 11.1 Å². The molecule has 1 aliphatic heterocycles. The summed E-state index contributed by atoms with van der Waals surface area (Å²) in [6.45, 7) is 6.97. The normalized spacial score (nSPS) is 20.1. The van der Waals surface area contributed by atoms with Gasteiger partial charge in [0.15, 0.2) is 5.60 Å². The summed E-state index contributed by atoms with van der Waals surface area (Å²) in [5.74, 6) is -0.0801. The van der Waals surface area contributed by atoms with Crippen molar-refractivity contribution >= 4 is 5.91 Å². The molecule has 1 aromatic carbocycles. The van der Waals surface area contributed by atoms with Crippen LogP contribution in [0, 0.1) is 13.8 Å². The average molecular weight is 313 g/mol. The highest BCUT2D eigenvalue weighted by atomic mass is 16.5. The molecule has 0 bridgehead atoms. The number of aromatic nitrogens is 2. The van der Waals surface area contributed by atoms with Crippen molar-refractivity contribution in [2.45, 2.75) is 39.2 Å². The van der Waals surface area contributed by atoms with Gasteiger partial charge in [0.2, 0.25) is 0 Å². The number of carbonyl (C=O) groups is 1. The Bertz CT molecular complexity index is 703. The molecule has 0 saturated carbocycles. The lowest BCUT2D eigenvalue weighted by Gasteiger charge is -2.34. The molecule has 0 saturated heterocycles. The van der Waals surface area contributed by atoms with Crippen LogP contribution < -0.4 is 5.32 Å². The minimum atomic E-state index is -0.907. The highest BCUT2D eigenvalue weighted by Gasteiger charge is 2.40. The molecule has 1 amide bonds. The second-order valence-electron chi connectivity index (χ2n) is 6.21. The maximum atomic E-state index is 12.7. The van der Waals surface area contributed by atoms with Gasteiger partial charge in [0, 0.05) is 12.2 Å².